The maximum Gasteiger partial charge on any atom is 0.407 e. The van der Waals surface area contributed by atoms with E-state index in [4.69, 9.17) is 16.3 Å². The molecule has 0 radical (unpaired) electrons. The molecule has 6 heteroatoms. The van der Waals surface area contributed by atoms with Gasteiger partial charge in [-0.1, -0.05) is 11.6 Å². The van der Waals surface area contributed by atoms with Crippen LogP contribution in [0.3, 0.4) is 0 Å². The normalized spacial score (nSPS) is 17.6. The molecule has 0 aliphatic heterocycles. The number of halogens is 1. The van der Waals surface area contributed by atoms with Crippen LogP contribution in [0.1, 0.15) is 50.1 Å². The molecule has 1 amide bonds. The van der Waals surface area contributed by atoms with E-state index in [1.54, 1.807) is 11.3 Å². The fourth-order valence-corrected chi connectivity index (χ4v) is 3.77. The highest BCUT2D eigenvalue weighted by molar-refractivity contribution is 7.16. The quantitative estimate of drug-likeness (QED) is 0.805. The van der Waals surface area contributed by atoms with E-state index in [2.05, 4.69) is 16.7 Å². The molecule has 0 aromatic carbocycles. The highest BCUT2D eigenvalue weighted by atomic mass is 35.5. The third kappa shape index (κ3) is 5.16. The van der Waals surface area contributed by atoms with Crippen LogP contribution >= 0.6 is 22.9 Å². The minimum Gasteiger partial charge on any atom is -0.444 e. The van der Waals surface area contributed by atoms with Gasteiger partial charge in [-0.15, -0.1) is 11.3 Å². The minimum absolute atomic E-state index is 0.352. The molecule has 1 aliphatic rings. The van der Waals surface area contributed by atoms with Gasteiger partial charge in [0.2, 0.25) is 0 Å². The molecule has 0 fully saturated rings. The first-order valence-corrected chi connectivity index (χ1v) is 8.53. The number of carbonyl (C=O) groups excluding carboxylic acids is 1. The van der Waals surface area contributed by atoms with Crippen molar-refractivity contribution in [3.63, 3.8) is 0 Å². The van der Waals surface area contributed by atoms with Crippen LogP contribution in [0.4, 0.5) is 4.79 Å². The molecule has 4 nitrogen and oxygen atoms in total. The summed E-state index contributed by atoms with van der Waals surface area (Å²) in [5, 5.41) is 6.30. The van der Waals surface area contributed by atoms with E-state index in [9.17, 15) is 4.79 Å². The van der Waals surface area contributed by atoms with E-state index in [1.165, 1.54) is 10.4 Å². The van der Waals surface area contributed by atoms with Gasteiger partial charge >= 0.3 is 6.09 Å². The molecule has 21 heavy (non-hydrogen) atoms. The number of aryl methyl sites for hydroxylation is 1. The van der Waals surface area contributed by atoms with Gasteiger partial charge in [0.05, 0.1) is 4.34 Å². The lowest BCUT2D eigenvalue weighted by Crippen LogP contribution is -2.34. The van der Waals surface area contributed by atoms with Crippen LogP contribution < -0.4 is 10.6 Å². The van der Waals surface area contributed by atoms with Gasteiger partial charge in [-0.05, 0) is 58.2 Å². The Hall–Kier alpha value is -0.780. The Morgan fingerprint density at radius 3 is 2.95 bits per heavy atom. The van der Waals surface area contributed by atoms with E-state index in [-0.39, 0.29) is 6.09 Å². The second kappa shape index (κ2) is 6.99. The van der Waals surface area contributed by atoms with Gasteiger partial charge in [0.25, 0.3) is 0 Å². The van der Waals surface area contributed by atoms with Gasteiger partial charge in [-0.25, -0.2) is 4.79 Å². The number of rotatable bonds is 5. The third-order valence-electron chi connectivity index (χ3n) is 3.26. The number of ether oxygens (including phenoxy) is 1. The molecular weight excluding hydrogens is 308 g/mol. The van der Waals surface area contributed by atoms with Gasteiger partial charge < -0.3 is 15.4 Å². The summed E-state index contributed by atoms with van der Waals surface area (Å²) in [6.45, 7) is 7.06. The summed E-state index contributed by atoms with van der Waals surface area (Å²) in [6, 6.07) is 2.48. The van der Waals surface area contributed by atoms with Crippen LogP contribution in [0.15, 0.2) is 6.07 Å². The molecule has 1 aromatic heterocycles. The predicted octanol–water partition coefficient (Wildman–Crippen LogP) is 3.89. The molecule has 1 aliphatic carbocycles. The summed E-state index contributed by atoms with van der Waals surface area (Å²) >= 11 is 7.73. The zero-order valence-electron chi connectivity index (χ0n) is 12.8. The average Bonchev–Trinajstić information content (AvgIpc) is 2.86. The number of fused-ring (bicyclic) bond motifs is 1. The molecule has 0 spiro atoms. The van der Waals surface area contributed by atoms with Crippen molar-refractivity contribution in [2.75, 3.05) is 13.1 Å². The van der Waals surface area contributed by atoms with Crippen LogP contribution in [0.5, 0.6) is 0 Å². The van der Waals surface area contributed by atoms with Crippen LogP contribution in [-0.4, -0.2) is 24.8 Å². The van der Waals surface area contributed by atoms with E-state index >= 15 is 0 Å². The largest absolute Gasteiger partial charge is 0.444 e. The van der Waals surface area contributed by atoms with Crippen molar-refractivity contribution in [2.45, 2.75) is 51.7 Å². The van der Waals surface area contributed by atoms with E-state index in [0.29, 0.717) is 12.6 Å². The average molecular weight is 331 g/mol. The first kappa shape index (κ1) is 16.6. The van der Waals surface area contributed by atoms with Crippen LogP contribution in [-0.2, 0) is 11.2 Å². The second-order valence-corrected chi connectivity index (χ2v) is 8.02. The van der Waals surface area contributed by atoms with Gasteiger partial charge in [0.15, 0.2) is 0 Å². The molecule has 1 heterocycles. The summed E-state index contributed by atoms with van der Waals surface area (Å²) in [4.78, 5) is 12.9. The molecule has 2 rings (SSSR count). The maximum atomic E-state index is 11.5. The first-order valence-electron chi connectivity index (χ1n) is 7.33. The van der Waals surface area contributed by atoms with Crippen molar-refractivity contribution in [3.05, 3.63) is 20.8 Å². The maximum absolute atomic E-state index is 11.5. The molecule has 0 saturated heterocycles. The second-order valence-electron chi connectivity index (χ2n) is 6.26. The van der Waals surface area contributed by atoms with E-state index in [0.717, 1.165) is 30.1 Å². The van der Waals surface area contributed by atoms with Crippen molar-refractivity contribution in [2.24, 2.45) is 0 Å². The third-order valence-corrected chi connectivity index (χ3v) is 4.60. The van der Waals surface area contributed by atoms with Gasteiger partial charge in [0, 0.05) is 17.5 Å². The zero-order valence-corrected chi connectivity index (χ0v) is 14.4. The lowest BCUT2D eigenvalue weighted by atomic mass is 10.2. The standard InChI is InChI=1S/C15H23ClN2O2S/c1-15(2,3)20-14(19)18-8-4-7-17-11-5-6-12-10(11)9-13(16)21-12/h9,11,17H,4-8H2,1-3H3,(H,18,19). The Balaban J connectivity index is 1.62. The Labute approximate surface area is 135 Å². The molecule has 0 saturated carbocycles. The van der Waals surface area contributed by atoms with Gasteiger partial charge in [-0.2, -0.15) is 0 Å². The van der Waals surface area contributed by atoms with Crippen molar-refractivity contribution in [3.8, 4) is 0 Å². The number of alkyl carbamates (subject to hydrolysis) is 1. The highest BCUT2D eigenvalue weighted by Crippen LogP contribution is 2.39. The number of hydrogen-bond acceptors (Lipinski definition) is 4. The van der Waals surface area contributed by atoms with Crippen molar-refractivity contribution in [1.29, 1.82) is 0 Å². The Morgan fingerprint density at radius 1 is 1.48 bits per heavy atom. The Bertz CT molecular complexity index is 496. The number of hydrogen-bond donors (Lipinski definition) is 2. The fourth-order valence-electron chi connectivity index (χ4n) is 2.41. The fraction of sp³-hybridized carbons (Fsp3) is 0.667. The summed E-state index contributed by atoms with van der Waals surface area (Å²) in [5.74, 6) is 0. The van der Waals surface area contributed by atoms with Crippen molar-refractivity contribution in [1.82, 2.24) is 10.6 Å². The molecule has 0 bridgehead atoms. The van der Waals surface area contributed by atoms with Crippen molar-refractivity contribution < 1.29 is 9.53 Å². The smallest absolute Gasteiger partial charge is 0.407 e. The topological polar surface area (TPSA) is 50.4 Å². The molecule has 118 valence electrons. The van der Waals surface area contributed by atoms with Gasteiger partial charge in [0.1, 0.15) is 5.60 Å². The molecule has 1 atom stereocenters. The number of carbonyl (C=O) groups is 1. The van der Waals surface area contributed by atoms with Crippen LogP contribution in [0, 0.1) is 0 Å². The summed E-state index contributed by atoms with van der Waals surface area (Å²) in [5.41, 5.74) is 0.908. The van der Waals surface area contributed by atoms with E-state index < -0.39 is 5.60 Å². The summed E-state index contributed by atoms with van der Waals surface area (Å²) in [6.07, 6.45) is 2.77. The van der Waals surface area contributed by atoms with E-state index in [1.807, 2.05) is 20.8 Å². The molecule has 2 N–H and O–H groups in total. The summed E-state index contributed by atoms with van der Waals surface area (Å²) in [7, 11) is 0. The van der Waals surface area contributed by atoms with Crippen molar-refractivity contribution >= 4 is 29.0 Å². The zero-order chi connectivity index (χ0) is 15.5. The number of thiophene rings is 1. The lowest BCUT2D eigenvalue weighted by Gasteiger charge is -2.19. The lowest BCUT2D eigenvalue weighted by molar-refractivity contribution is 0.0527. The molecule has 1 unspecified atom stereocenters. The molecular formula is C15H23ClN2O2S. The van der Waals surface area contributed by atoms with Gasteiger partial charge in [-0.3, -0.25) is 0 Å². The minimum atomic E-state index is -0.444. The molecule has 1 aromatic rings. The first-order chi connectivity index (χ1) is 9.85. The summed E-state index contributed by atoms with van der Waals surface area (Å²) < 4.78 is 6.06. The monoisotopic (exact) mass is 330 g/mol. The number of nitrogens with one attached hydrogen (secondary N) is 2. The Morgan fingerprint density at radius 2 is 2.24 bits per heavy atom. The van der Waals surface area contributed by atoms with Crippen LogP contribution in [0.25, 0.3) is 0 Å². The highest BCUT2D eigenvalue weighted by Gasteiger charge is 2.24. The van der Waals surface area contributed by atoms with Crippen LogP contribution in [0.2, 0.25) is 4.34 Å². The SMILES string of the molecule is CC(C)(C)OC(=O)NCCCNC1CCc2sc(Cl)cc21. The predicted molar refractivity (Wildman–Crippen MR) is 87.2 cm³/mol. The number of amides is 1. The Kier molecular flexibility index (Phi) is 5.52.